The molecule has 0 fully saturated rings. The lowest BCUT2D eigenvalue weighted by Crippen LogP contribution is -1.99. The summed E-state index contributed by atoms with van der Waals surface area (Å²) in [7, 11) is 1.77. The predicted molar refractivity (Wildman–Crippen MR) is 62.3 cm³/mol. The average Bonchev–Trinajstić information content (AvgIpc) is 2.56. The molecular weight excluding hydrogens is 221 g/mol. The van der Waals surface area contributed by atoms with Crippen molar-refractivity contribution < 1.29 is 9.13 Å². The molecule has 0 saturated carbocycles. The van der Waals surface area contributed by atoms with E-state index in [0.717, 1.165) is 5.69 Å². The molecule has 90 valence electrons. The summed E-state index contributed by atoms with van der Waals surface area (Å²) >= 11 is 0. The van der Waals surface area contributed by atoms with Gasteiger partial charge in [0.2, 0.25) is 5.88 Å². The van der Waals surface area contributed by atoms with Gasteiger partial charge < -0.3 is 10.5 Å². The first kappa shape index (κ1) is 11.6. The highest BCUT2D eigenvalue weighted by Gasteiger charge is 2.06. The van der Waals surface area contributed by atoms with Crippen LogP contribution in [0.1, 0.15) is 11.3 Å². The number of ether oxygens (including phenoxy) is 1. The molecule has 0 atom stereocenters. The summed E-state index contributed by atoms with van der Waals surface area (Å²) in [4.78, 5) is 0. The van der Waals surface area contributed by atoms with E-state index in [4.69, 9.17) is 10.5 Å². The van der Waals surface area contributed by atoms with Crippen molar-refractivity contribution in [1.82, 2.24) is 9.78 Å². The van der Waals surface area contributed by atoms with Crippen molar-refractivity contribution >= 4 is 0 Å². The highest BCUT2D eigenvalue weighted by molar-refractivity contribution is 5.32. The fourth-order valence-electron chi connectivity index (χ4n) is 1.60. The average molecular weight is 235 g/mol. The van der Waals surface area contributed by atoms with Crippen LogP contribution in [0.4, 0.5) is 4.39 Å². The Hall–Kier alpha value is -1.88. The van der Waals surface area contributed by atoms with Crippen LogP contribution >= 0.6 is 0 Å². The number of benzene rings is 1. The van der Waals surface area contributed by atoms with Gasteiger partial charge in [0.1, 0.15) is 11.6 Å². The molecule has 2 rings (SSSR count). The Morgan fingerprint density at radius 3 is 2.71 bits per heavy atom. The lowest BCUT2D eigenvalue weighted by atomic mass is 10.2. The number of hydrogen-bond donors (Lipinski definition) is 1. The van der Waals surface area contributed by atoms with Crippen LogP contribution in [-0.4, -0.2) is 9.78 Å². The molecule has 5 heteroatoms. The third kappa shape index (κ3) is 2.62. The van der Waals surface area contributed by atoms with Gasteiger partial charge in [-0.05, 0) is 24.6 Å². The summed E-state index contributed by atoms with van der Waals surface area (Å²) in [6.45, 7) is 2.14. The lowest BCUT2D eigenvalue weighted by Gasteiger charge is -2.07. The quantitative estimate of drug-likeness (QED) is 0.886. The van der Waals surface area contributed by atoms with Crippen molar-refractivity contribution in [2.24, 2.45) is 12.8 Å². The van der Waals surface area contributed by atoms with E-state index < -0.39 is 0 Å². The molecule has 4 nitrogen and oxygen atoms in total. The van der Waals surface area contributed by atoms with Crippen LogP contribution in [0.2, 0.25) is 0 Å². The van der Waals surface area contributed by atoms with Gasteiger partial charge in [0.15, 0.2) is 0 Å². The van der Waals surface area contributed by atoms with Crippen molar-refractivity contribution in [2.45, 2.75) is 13.5 Å². The van der Waals surface area contributed by atoms with Gasteiger partial charge in [-0.1, -0.05) is 0 Å². The van der Waals surface area contributed by atoms with Crippen LogP contribution in [-0.2, 0) is 13.6 Å². The van der Waals surface area contributed by atoms with E-state index in [1.54, 1.807) is 23.9 Å². The normalized spacial score (nSPS) is 10.6. The number of nitrogens with zero attached hydrogens (tertiary/aromatic N) is 2. The molecule has 17 heavy (non-hydrogen) atoms. The molecule has 0 radical (unpaired) electrons. The summed E-state index contributed by atoms with van der Waals surface area (Å²) in [5, 5.41) is 4.15. The Morgan fingerprint density at radius 1 is 1.35 bits per heavy atom. The van der Waals surface area contributed by atoms with Crippen LogP contribution < -0.4 is 10.5 Å². The molecule has 0 unspecified atom stereocenters. The molecule has 2 aromatic rings. The maximum Gasteiger partial charge on any atom is 0.217 e. The number of nitrogens with two attached hydrogens (primary N) is 1. The molecule has 0 bridgehead atoms. The molecule has 2 N–H and O–H groups in total. The molecule has 0 saturated heterocycles. The zero-order chi connectivity index (χ0) is 12.4. The first-order chi connectivity index (χ1) is 8.08. The van der Waals surface area contributed by atoms with E-state index in [0.29, 0.717) is 17.2 Å². The summed E-state index contributed by atoms with van der Waals surface area (Å²) in [5.74, 6) is 0.631. The minimum Gasteiger partial charge on any atom is -0.439 e. The predicted octanol–water partition coefficient (Wildman–Crippen LogP) is 2.12. The molecular formula is C12H14FN3O. The van der Waals surface area contributed by atoms with Gasteiger partial charge in [0.05, 0.1) is 5.69 Å². The highest BCUT2D eigenvalue weighted by atomic mass is 19.1. The maximum absolute atomic E-state index is 13.3. The Bertz CT molecular complexity index is 537. The van der Waals surface area contributed by atoms with Crippen LogP contribution in [0, 0.1) is 12.7 Å². The van der Waals surface area contributed by atoms with Crippen LogP contribution in [0.25, 0.3) is 0 Å². The van der Waals surface area contributed by atoms with Gasteiger partial charge >= 0.3 is 0 Å². The largest absolute Gasteiger partial charge is 0.439 e. The third-order valence-corrected chi connectivity index (χ3v) is 2.35. The van der Waals surface area contributed by atoms with Crippen molar-refractivity contribution in [3.8, 4) is 11.6 Å². The molecule has 0 aliphatic rings. The van der Waals surface area contributed by atoms with Crippen molar-refractivity contribution in [1.29, 1.82) is 0 Å². The van der Waals surface area contributed by atoms with Gasteiger partial charge in [0.25, 0.3) is 0 Å². The summed E-state index contributed by atoms with van der Waals surface area (Å²) < 4.78 is 20.4. The van der Waals surface area contributed by atoms with Crippen molar-refractivity contribution in [3.05, 3.63) is 41.3 Å². The summed E-state index contributed by atoms with van der Waals surface area (Å²) in [5.41, 5.74) is 7.01. The Kier molecular flexibility index (Phi) is 3.10. The molecule has 1 heterocycles. The SMILES string of the molecule is Cc1cc(Oc2cc(F)cc(CN)c2)n(C)n1. The standard InChI is InChI=1S/C12H14FN3O/c1-8-3-12(16(2)15-8)17-11-5-9(7-14)4-10(13)6-11/h3-6H,7,14H2,1-2H3. The maximum atomic E-state index is 13.3. The van der Waals surface area contributed by atoms with Gasteiger partial charge in [-0.15, -0.1) is 0 Å². The second-order valence-corrected chi connectivity index (χ2v) is 3.85. The van der Waals surface area contributed by atoms with Crippen LogP contribution in [0.15, 0.2) is 24.3 Å². The number of rotatable bonds is 3. The zero-order valence-corrected chi connectivity index (χ0v) is 9.77. The van der Waals surface area contributed by atoms with Crippen molar-refractivity contribution in [2.75, 3.05) is 0 Å². The van der Waals surface area contributed by atoms with E-state index in [1.807, 2.05) is 6.92 Å². The Labute approximate surface area is 98.8 Å². The second-order valence-electron chi connectivity index (χ2n) is 3.85. The van der Waals surface area contributed by atoms with E-state index in [1.165, 1.54) is 12.1 Å². The van der Waals surface area contributed by atoms with Gasteiger partial charge in [-0.3, -0.25) is 0 Å². The lowest BCUT2D eigenvalue weighted by molar-refractivity contribution is 0.426. The first-order valence-electron chi connectivity index (χ1n) is 5.26. The number of halogens is 1. The van der Waals surface area contributed by atoms with E-state index in [9.17, 15) is 4.39 Å². The number of aryl methyl sites for hydroxylation is 2. The summed E-state index contributed by atoms with van der Waals surface area (Å²) in [6.07, 6.45) is 0. The van der Waals surface area contributed by atoms with Crippen molar-refractivity contribution in [3.63, 3.8) is 0 Å². The molecule has 0 aliphatic carbocycles. The van der Waals surface area contributed by atoms with E-state index in [-0.39, 0.29) is 12.4 Å². The zero-order valence-electron chi connectivity index (χ0n) is 9.77. The number of aromatic nitrogens is 2. The minimum absolute atomic E-state index is 0.276. The molecule has 0 aliphatic heterocycles. The topological polar surface area (TPSA) is 53.1 Å². The fourth-order valence-corrected chi connectivity index (χ4v) is 1.60. The number of hydrogen-bond acceptors (Lipinski definition) is 3. The third-order valence-electron chi connectivity index (χ3n) is 2.35. The Balaban J connectivity index is 2.29. The van der Waals surface area contributed by atoms with Crippen LogP contribution in [0.3, 0.4) is 0 Å². The fraction of sp³-hybridized carbons (Fsp3) is 0.250. The second kappa shape index (κ2) is 4.55. The van der Waals surface area contributed by atoms with E-state index >= 15 is 0 Å². The Morgan fingerprint density at radius 2 is 2.12 bits per heavy atom. The van der Waals surface area contributed by atoms with Gasteiger partial charge in [-0.25, -0.2) is 9.07 Å². The first-order valence-corrected chi connectivity index (χ1v) is 5.26. The minimum atomic E-state index is -0.359. The summed E-state index contributed by atoms with van der Waals surface area (Å²) in [6, 6.07) is 6.21. The van der Waals surface area contributed by atoms with E-state index in [2.05, 4.69) is 5.10 Å². The highest BCUT2D eigenvalue weighted by Crippen LogP contribution is 2.23. The van der Waals surface area contributed by atoms with Crippen LogP contribution in [0.5, 0.6) is 11.6 Å². The smallest absolute Gasteiger partial charge is 0.217 e. The van der Waals surface area contributed by atoms with Gasteiger partial charge in [-0.2, -0.15) is 5.10 Å². The molecule has 1 aromatic carbocycles. The monoisotopic (exact) mass is 235 g/mol. The molecule has 1 aromatic heterocycles. The van der Waals surface area contributed by atoms with Gasteiger partial charge in [0, 0.05) is 25.7 Å². The molecule has 0 spiro atoms. The molecule has 0 amide bonds.